The van der Waals surface area contributed by atoms with E-state index in [1.165, 1.54) is 39.8 Å². The van der Waals surface area contributed by atoms with Crippen LogP contribution >= 0.6 is 0 Å². The van der Waals surface area contributed by atoms with E-state index in [4.69, 9.17) is 0 Å². The van der Waals surface area contributed by atoms with Gasteiger partial charge in [-0.05, 0) is 34.6 Å². The number of nitrogens with one attached hydrogen (secondary N) is 2. The summed E-state index contributed by atoms with van der Waals surface area (Å²) >= 11 is 0. The van der Waals surface area contributed by atoms with E-state index in [2.05, 4.69) is 10.6 Å². The SMILES string of the molecule is CNC(=O)C(C)NC(=O)C(C)N(C)C(=O)C(C)(C)C(C)=O. The molecule has 0 bridgehead atoms. The van der Waals surface area contributed by atoms with Crippen LogP contribution in [0.3, 0.4) is 0 Å². The minimum Gasteiger partial charge on any atom is -0.357 e. The van der Waals surface area contributed by atoms with Crippen molar-refractivity contribution in [3.63, 3.8) is 0 Å². The van der Waals surface area contributed by atoms with E-state index in [1.807, 2.05) is 0 Å². The van der Waals surface area contributed by atoms with Gasteiger partial charge in [-0.2, -0.15) is 0 Å². The van der Waals surface area contributed by atoms with Gasteiger partial charge in [0.15, 0.2) is 0 Å². The molecule has 0 saturated heterocycles. The first-order valence-electron chi connectivity index (χ1n) is 6.77. The summed E-state index contributed by atoms with van der Waals surface area (Å²) in [4.78, 5) is 48.4. The van der Waals surface area contributed by atoms with Crippen molar-refractivity contribution in [2.45, 2.75) is 46.7 Å². The fourth-order valence-corrected chi connectivity index (χ4v) is 1.56. The molecule has 0 fully saturated rings. The highest BCUT2D eigenvalue weighted by molar-refractivity contribution is 6.05. The van der Waals surface area contributed by atoms with Gasteiger partial charge in [-0.25, -0.2) is 0 Å². The summed E-state index contributed by atoms with van der Waals surface area (Å²) in [7, 11) is 2.93. The predicted octanol–water partition coefficient (Wildman–Crippen LogP) is -0.301. The molecule has 0 aliphatic heterocycles. The van der Waals surface area contributed by atoms with Crippen LogP contribution in [0.15, 0.2) is 0 Å². The lowest BCUT2D eigenvalue weighted by Crippen LogP contribution is -2.54. The molecule has 2 N–H and O–H groups in total. The van der Waals surface area contributed by atoms with Gasteiger partial charge < -0.3 is 15.5 Å². The highest BCUT2D eigenvalue weighted by Crippen LogP contribution is 2.20. The van der Waals surface area contributed by atoms with Crippen LogP contribution in [-0.2, 0) is 19.2 Å². The number of rotatable bonds is 6. The van der Waals surface area contributed by atoms with Gasteiger partial charge in [0.05, 0.1) is 0 Å². The molecule has 21 heavy (non-hydrogen) atoms. The second-order valence-corrected chi connectivity index (χ2v) is 5.62. The summed E-state index contributed by atoms with van der Waals surface area (Å²) in [5, 5.41) is 4.94. The zero-order chi connectivity index (χ0) is 17.0. The highest BCUT2D eigenvalue weighted by atomic mass is 16.2. The molecular formula is C14H25N3O4. The molecule has 0 heterocycles. The smallest absolute Gasteiger partial charge is 0.243 e. The minimum atomic E-state index is -1.18. The molecule has 2 atom stereocenters. The maximum absolute atomic E-state index is 12.3. The number of carbonyl (C=O) groups excluding carboxylic acids is 4. The third kappa shape index (κ3) is 4.54. The number of ketones is 1. The van der Waals surface area contributed by atoms with Crippen molar-refractivity contribution in [3.05, 3.63) is 0 Å². The van der Waals surface area contributed by atoms with Crippen LogP contribution in [0.25, 0.3) is 0 Å². The van der Waals surface area contributed by atoms with Crippen molar-refractivity contribution in [3.8, 4) is 0 Å². The summed E-state index contributed by atoms with van der Waals surface area (Å²) in [5.41, 5.74) is -1.18. The van der Waals surface area contributed by atoms with Crippen LogP contribution in [0.5, 0.6) is 0 Å². The molecule has 3 amide bonds. The first-order chi connectivity index (χ1) is 9.46. The number of carbonyl (C=O) groups is 4. The summed E-state index contributed by atoms with van der Waals surface area (Å²) in [6.45, 7) is 7.47. The Hall–Kier alpha value is -1.92. The van der Waals surface area contributed by atoms with Crippen LogP contribution in [0, 0.1) is 5.41 Å². The lowest BCUT2D eigenvalue weighted by Gasteiger charge is -2.31. The van der Waals surface area contributed by atoms with Crippen molar-refractivity contribution in [2.24, 2.45) is 5.41 Å². The van der Waals surface area contributed by atoms with Crippen molar-refractivity contribution in [2.75, 3.05) is 14.1 Å². The second kappa shape index (κ2) is 7.19. The average molecular weight is 299 g/mol. The first kappa shape index (κ1) is 19.1. The van der Waals surface area contributed by atoms with Crippen LogP contribution < -0.4 is 10.6 Å². The first-order valence-corrected chi connectivity index (χ1v) is 6.77. The van der Waals surface area contributed by atoms with E-state index in [0.717, 1.165) is 0 Å². The molecule has 0 rings (SSSR count). The number of hydrogen-bond donors (Lipinski definition) is 2. The third-order valence-corrected chi connectivity index (χ3v) is 3.69. The molecule has 0 aliphatic carbocycles. The summed E-state index contributed by atoms with van der Waals surface area (Å²) in [6, 6.07) is -1.49. The van der Waals surface area contributed by atoms with Gasteiger partial charge in [0.25, 0.3) is 0 Å². The number of likely N-dealkylation sites (N-methyl/N-ethyl adjacent to an activating group) is 2. The lowest BCUT2D eigenvalue weighted by molar-refractivity contribution is -0.150. The molecule has 7 heteroatoms. The van der Waals surface area contributed by atoms with Gasteiger partial charge in [0.1, 0.15) is 23.3 Å². The van der Waals surface area contributed by atoms with E-state index in [-0.39, 0.29) is 11.7 Å². The maximum atomic E-state index is 12.3. The fourth-order valence-electron chi connectivity index (χ4n) is 1.56. The Balaban J connectivity index is 4.89. The third-order valence-electron chi connectivity index (χ3n) is 3.69. The monoisotopic (exact) mass is 299 g/mol. The molecule has 0 aromatic rings. The van der Waals surface area contributed by atoms with Gasteiger partial charge in [-0.15, -0.1) is 0 Å². The Labute approximate surface area is 125 Å². The quantitative estimate of drug-likeness (QED) is 0.658. The van der Waals surface area contributed by atoms with E-state index in [9.17, 15) is 19.2 Å². The Morgan fingerprint density at radius 1 is 1.05 bits per heavy atom. The average Bonchev–Trinajstić information content (AvgIpc) is 2.43. The zero-order valence-corrected chi connectivity index (χ0v) is 13.7. The number of nitrogens with zero attached hydrogens (tertiary/aromatic N) is 1. The molecule has 2 unspecified atom stereocenters. The van der Waals surface area contributed by atoms with Gasteiger partial charge in [0.2, 0.25) is 17.7 Å². The van der Waals surface area contributed by atoms with Gasteiger partial charge >= 0.3 is 0 Å². The predicted molar refractivity (Wildman–Crippen MR) is 78.4 cm³/mol. The molecule has 0 aromatic carbocycles. The molecule has 0 radical (unpaired) electrons. The Morgan fingerprint density at radius 2 is 1.52 bits per heavy atom. The van der Waals surface area contributed by atoms with Gasteiger partial charge in [-0.3, -0.25) is 19.2 Å². The minimum absolute atomic E-state index is 0.273. The van der Waals surface area contributed by atoms with E-state index in [0.29, 0.717) is 0 Å². The lowest BCUT2D eigenvalue weighted by atomic mass is 9.87. The largest absolute Gasteiger partial charge is 0.357 e. The van der Waals surface area contributed by atoms with Gasteiger partial charge in [-0.1, -0.05) is 0 Å². The summed E-state index contributed by atoms with van der Waals surface area (Å²) < 4.78 is 0. The van der Waals surface area contributed by atoms with Crippen LogP contribution in [-0.4, -0.2) is 54.6 Å². The van der Waals surface area contributed by atoms with Crippen molar-refractivity contribution in [1.29, 1.82) is 0 Å². The molecular weight excluding hydrogens is 274 g/mol. The molecule has 0 aromatic heterocycles. The summed E-state index contributed by atoms with van der Waals surface area (Å²) in [5.74, 6) is -1.49. The standard InChI is InChI=1S/C14H25N3O4/c1-8(11(19)15-6)16-12(20)9(2)17(7)13(21)14(4,5)10(3)18/h8-9H,1-7H3,(H,15,19)(H,16,20). The molecule has 0 aliphatic rings. The normalized spacial score (nSPS) is 13.9. The van der Waals surface area contributed by atoms with E-state index in [1.54, 1.807) is 13.8 Å². The number of amides is 3. The summed E-state index contributed by atoms with van der Waals surface area (Å²) in [6.07, 6.45) is 0. The van der Waals surface area contributed by atoms with Crippen LogP contribution in [0.2, 0.25) is 0 Å². The molecule has 0 saturated carbocycles. The van der Waals surface area contributed by atoms with Gasteiger partial charge in [0, 0.05) is 14.1 Å². The fraction of sp³-hybridized carbons (Fsp3) is 0.714. The highest BCUT2D eigenvalue weighted by Gasteiger charge is 2.38. The van der Waals surface area contributed by atoms with Crippen molar-refractivity contribution < 1.29 is 19.2 Å². The number of hydrogen-bond acceptors (Lipinski definition) is 4. The van der Waals surface area contributed by atoms with E-state index >= 15 is 0 Å². The van der Waals surface area contributed by atoms with Crippen molar-refractivity contribution in [1.82, 2.24) is 15.5 Å². The van der Waals surface area contributed by atoms with Crippen LogP contribution in [0.1, 0.15) is 34.6 Å². The van der Waals surface area contributed by atoms with Crippen molar-refractivity contribution >= 4 is 23.5 Å². The number of Topliss-reactive ketones (excluding diaryl/α,β-unsaturated/α-hetero) is 1. The molecule has 7 nitrogen and oxygen atoms in total. The Kier molecular flexibility index (Phi) is 6.53. The Morgan fingerprint density at radius 3 is 1.90 bits per heavy atom. The Bertz CT molecular complexity index is 446. The topological polar surface area (TPSA) is 95.6 Å². The second-order valence-electron chi connectivity index (χ2n) is 5.62. The maximum Gasteiger partial charge on any atom is 0.243 e. The van der Waals surface area contributed by atoms with Crippen LogP contribution in [0.4, 0.5) is 0 Å². The molecule has 120 valence electrons. The molecule has 0 spiro atoms. The van der Waals surface area contributed by atoms with E-state index < -0.39 is 29.3 Å². The zero-order valence-electron chi connectivity index (χ0n) is 13.7.